The van der Waals surface area contributed by atoms with E-state index < -0.39 is 11.7 Å². The van der Waals surface area contributed by atoms with Gasteiger partial charge in [0.25, 0.3) is 0 Å². The smallest absolute Gasteiger partial charge is 0.355 e. The first kappa shape index (κ1) is 23.6. The van der Waals surface area contributed by atoms with Gasteiger partial charge in [0.2, 0.25) is 0 Å². The summed E-state index contributed by atoms with van der Waals surface area (Å²) in [6.07, 6.45) is -2.16. The lowest BCUT2D eigenvalue weighted by Gasteiger charge is -2.24. The van der Waals surface area contributed by atoms with Crippen LogP contribution in [-0.2, 0) is 19.0 Å². The number of anilines is 3. The van der Waals surface area contributed by atoms with Gasteiger partial charge in [0.15, 0.2) is 0 Å². The molecule has 3 heterocycles. The average molecular weight is 496 g/mol. The molecule has 0 spiro atoms. The molecule has 0 atom stereocenters. The number of rotatable bonds is 4. The summed E-state index contributed by atoms with van der Waals surface area (Å²) < 4.78 is 40.7. The average Bonchev–Trinajstić information content (AvgIpc) is 2.98. The summed E-state index contributed by atoms with van der Waals surface area (Å²) in [4.78, 5) is 15.2. The molecule has 0 saturated heterocycles. The molecule has 0 saturated carbocycles. The molecule has 2 aromatic heterocycles. The summed E-state index contributed by atoms with van der Waals surface area (Å²) in [7, 11) is 0. The van der Waals surface area contributed by atoms with Crippen LogP contribution in [0.25, 0.3) is 0 Å². The molecule has 0 radical (unpaired) electrons. The highest BCUT2D eigenvalue weighted by Crippen LogP contribution is 2.36. The molecule has 1 N–H and O–H groups in total. The summed E-state index contributed by atoms with van der Waals surface area (Å²) in [5.74, 6) is 1.31. The summed E-state index contributed by atoms with van der Waals surface area (Å²) in [6.45, 7) is 4.72. The van der Waals surface area contributed by atoms with Crippen LogP contribution in [0.3, 0.4) is 0 Å². The van der Waals surface area contributed by atoms with Gasteiger partial charge in [-0.05, 0) is 36.8 Å². The molecular weight excluding hydrogens is 474 g/mol. The Hall–Kier alpha value is -2.58. The van der Waals surface area contributed by atoms with Crippen LogP contribution in [0.15, 0.2) is 36.5 Å². The second kappa shape index (κ2) is 9.35. The molecule has 174 valence electrons. The molecule has 0 amide bonds. The Bertz CT molecular complexity index is 1170. The quantitative estimate of drug-likeness (QED) is 0.437. The molecule has 33 heavy (non-hydrogen) atoms. The molecular formula is C23H22Cl2F3N5. The van der Waals surface area contributed by atoms with Crippen molar-refractivity contribution in [3.05, 3.63) is 69.2 Å². The number of hydrogen-bond acceptors (Lipinski definition) is 5. The van der Waals surface area contributed by atoms with Gasteiger partial charge in [0.1, 0.15) is 17.5 Å². The zero-order valence-corrected chi connectivity index (χ0v) is 19.6. The van der Waals surface area contributed by atoms with Crippen molar-refractivity contribution in [1.29, 1.82) is 0 Å². The molecule has 4 rings (SSSR count). The van der Waals surface area contributed by atoms with Crippen LogP contribution in [0.2, 0.25) is 10.0 Å². The SMILES string of the molecule is CC(C)c1nc2c(c(Nc3ccc(Cl)c(Cl)c3)n1)CCN(c1ncccc1C(F)(F)F)CC2. The zero-order chi connectivity index (χ0) is 23.8. The normalized spacial score (nSPS) is 14.2. The Labute approximate surface area is 200 Å². The van der Waals surface area contributed by atoms with Crippen LogP contribution in [0.4, 0.5) is 30.5 Å². The van der Waals surface area contributed by atoms with Gasteiger partial charge in [-0.3, -0.25) is 0 Å². The van der Waals surface area contributed by atoms with Crippen LogP contribution in [-0.4, -0.2) is 28.0 Å². The van der Waals surface area contributed by atoms with Gasteiger partial charge in [-0.15, -0.1) is 0 Å². The van der Waals surface area contributed by atoms with Crippen LogP contribution in [0.1, 0.15) is 42.4 Å². The van der Waals surface area contributed by atoms with E-state index >= 15 is 0 Å². The standard InChI is InChI=1S/C23H22Cl2F3N5/c1-13(2)20-31-19-8-11-33(22-16(23(26,27)28)4-3-9-29-22)10-7-15(19)21(32-20)30-14-5-6-17(24)18(25)12-14/h3-6,9,12-13H,7-8,10-11H2,1-2H3,(H,30,31,32). The molecule has 5 nitrogen and oxygen atoms in total. The zero-order valence-electron chi connectivity index (χ0n) is 18.0. The Morgan fingerprint density at radius 3 is 2.48 bits per heavy atom. The lowest BCUT2D eigenvalue weighted by atomic mass is 10.1. The molecule has 0 aliphatic carbocycles. The van der Waals surface area contributed by atoms with Gasteiger partial charge in [-0.1, -0.05) is 37.0 Å². The van der Waals surface area contributed by atoms with Crippen molar-refractivity contribution >= 4 is 40.5 Å². The minimum absolute atomic E-state index is 0.0613. The molecule has 0 bridgehead atoms. The number of hydrogen-bond donors (Lipinski definition) is 1. The van der Waals surface area contributed by atoms with E-state index in [0.717, 1.165) is 17.3 Å². The highest BCUT2D eigenvalue weighted by molar-refractivity contribution is 6.42. The second-order valence-corrected chi connectivity index (χ2v) is 8.94. The van der Waals surface area contributed by atoms with Crippen molar-refractivity contribution in [2.45, 2.75) is 38.8 Å². The van der Waals surface area contributed by atoms with Gasteiger partial charge in [-0.2, -0.15) is 13.2 Å². The van der Waals surface area contributed by atoms with Crippen LogP contribution in [0.5, 0.6) is 0 Å². The van der Waals surface area contributed by atoms with Gasteiger partial charge in [0, 0.05) is 42.9 Å². The van der Waals surface area contributed by atoms with Crippen molar-refractivity contribution in [2.24, 2.45) is 0 Å². The largest absolute Gasteiger partial charge is 0.419 e. The number of aromatic nitrogens is 3. The number of benzene rings is 1. The Kier molecular flexibility index (Phi) is 6.68. The van der Waals surface area contributed by atoms with E-state index in [-0.39, 0.29) is 11.7 Å². The predicted octanol–water partition coefficient (Wildman–Crippen LogP) is 6.67. The third-order valence-corrected chi connectivity index (χ3v) is 6.19. The van der Waals surface area contributed by atoms with Crippen molar-refractivity contribution in [3.63, 3.8) is 0 Å². The molecule has 0 fully saturated rings. The Morgan fingerprint density at radius 1 is 1.03 bits per heavy atom. The van der Waals surface area contributed by atoms with E-state index in [4.69, 9.17) is 33.2 Å². The lowest BCUT2D eigenvalue weighted by Crippen LogP contribution is -2.29. The highest BCUT2D eigenvalue weighted by atomic mass is 35.5. The maximum absolute atomic E-state index is 13.6. The van der Waals surface area contributed by atoms with Crippen molar-refractivity contribution in [2.75, 3.05) is 23.3 Å². The van der Waals surface area contributed by atoms with Crippen LogP contribution < -0.4 is 10.2 Å². The van der Waals surface area contributed by atoms with Gasteiger partial charge < -0.3 is 10.2 Å². The molecule has 1 aromatic carbocycles. The predicted molar refractivity (Wildman–Crippen MR) is 125 cm³/mol. The van der Waals surface area contributed by atoms with Crippen molar-refractivity contribution < 1.29 is 13.2 Å². The summed E-state index contributed by atoms with van der Waals surface area (Å²) in [6, 6.07) is 7.56. The van der Waals surface area contributed by atoms with Crippen molar-refractivity contribution in [1.82, 2.24) is 15.0 Å². The number of nitrogens with one attached hydrogen (secondary N) is 1. The van der Waals surface area contributed by atoms with E-state index in [0.29, 0.717) is 53.3 Å². The number of nitrogens with zero attached hydrogens (tertiary/aromatic N) is 4. The van der Waals surface area contributed by atoms with E-state index in [1.165, 1.54) is 12.3 Å². The fraction of sp³-hybridized carbons (Fsp3) is 0.348. The van der Waals surface area contributed by atoms with E-state index in [1.807, 2.05) is 13.8 Å². The number of halogens is 5. The molecule has 10 heteroatoms. The van der Waals surface area contributed by atoms with E-state index in [1.54, 1.807) is 23.1 Å². The maximum atomic E-state index is 13.6. The van der Waals surface area contributed by atoms with Crippen LogP contribution in [0, 0.1) is 0 Å². The third kappa shape index (κ3) is 5.17. The minimum atomic E-state index is -4.48. The first-order valence-electron chi connectivity index (χ1n) is 10.5. The van der Waals surface area contributed by atoms with Crippen LogP contribution >= 0.6 is 23.2 Å². The first-order valence-corrected chi connectivity index (χ1v) is 11.3. The summed E-state index contributed by atoms with van der Waals surface area (Å²) in [5, 5.41) is 4.16. The number of fused-ring (bicyclic) bond motifs is 1. The monoisotopic (exact) mass is 495 g/mol. The Balaban J connectivity index is 1.69. The fourth-order valence-corrected chi connectivity index (χ4v) is 4.07. The van der Waals surface area contributed by atoms with Gasteiger partial charge in [0.05, 0.1) is 21.3 Å². The molecule has 1 aliphatic heterocycles. The molecule has 0 unspecified atom stereocenters. The highest BCUT2D eigenvalue weighted by Gasteiger charge is 2.36. The van der Waals surface area contributed by atoms with Gasteiger partial charge in [-0.25, -0.2) is 15.0 Å². The fourth-order valence-electron chi connectivity index (χ4n) is 3.77. The minimum Gasteiger partial charge on any atom is -0.355 e. The Morgan fingerprint density at radius 2 is 1.79 bits per heavy atom. The first-order chi connectivity index (χ1) is 15.6. The number of pyridine rings is 1. The van der Waals surface area contributed by atoms with E-state index in [9.17, 15) is 13.2 Å². The summed E-state index contributed by atoms with van der Waals surface area (Å²) in [5.41, 5.74) is 1.67. The summed E-state index contributed by atoms with van der Waals surface area (Å²) >= 11 is 12.2. The van der Waals surface area contributed by atoms with Crippen molar-refractivity contribution in [3.8, 4) is 0 Å². The number of alkyl halides is 3. The second-order valence-electron chi connectivity index (χ2n) is 8.12. The third-order valence-electron chi connectivity index (χ3n) is 5.45. The van der Waals surface area contributed by atoms with Gasteiger partial charge >= 0.3 is 6.18 Å². The molecule has 1 aliphatic rings. The lowest BCUT2D eigenvalue weighted by molar-refractivity contribution is -0.137. The molecule has 3 aromatic rings. The topological polar surface area (TPSA) is 53.9 Å². The van der Waals surface area contributed by atoms with E-state index in [2.05, 4.69) is 10.3 Å². The maximum Gasteiger partial charge on any atom is 0.419 e.